The highest BCUT2D eigenvalue weighted by Crippen LogP contribution is 2.17. The first kappa shape index (κ1) is 24.7. The average Bonchev–Trinajstić information content (AvgIpc) is 2.83. The highest BCUT2D eigenvalue weighted by Gasteiger charge is 2.10. The molecule has 0 heterocycles. The van der Waals surface area contributed by atoms with Crippen molar-refractivity contribution in [3.63, 3.8) is 0 Å². The molecule has 3 aromatic rings. The van der Waals surface area contributed by atoms with Crippen LogP contribution < -0.4 is 15.4 Å². The van der Waals surface area contributed by atoms with Crippen molar-refractivity contribution < 1.29 is 23.9 Å². The number of carbonyl (C=O) groups excluding carboxylic acids is 3. The van der Waals surface area contributed by atoms with Crippen LogP contribution in [-0.2, 0) is 16.1 Å². The van der Waals surface area contributed by atoms with E-state index in [0.29, 0.717) is 11.3 Å². The van der Waals surface area contributed by atoms with E-state index in [1.165, 1.54) is 18.2 Å². The van der Waals surface area contributed by atoms with E-state index < -0.39 is 6.16 Å². The maximum Gasteiger partial charge on any atom is 0.513 e. The van der Waals surface area contributed by atoms with Crippen LogP contribution in [0.2, 0.25) is 0 Å². The minimum atomic E-state index is -0.801. The third kappa shape index (κ3) is 7.60. The SMILES string of the molecule is CCOC(=O)Oc1ccc(C(=O)NCc2ccccc2NC(=O)/C=C/c2ccc(Br)cc2)cc1. The molecule has 7 nitrogen and oxygen atoms in total. The molecular weight excluding hydrogens is 500 g/mol. The molecule has 34 heavy (non-hydrogen) atoms. The maximum atomic E-state index is 12.5. The molecule has 0 aliphatic carbocycles. The van der Waals surface area contributed by atoms with Gasteiger partial charge in [-0.05, 0) is 66.6 Å². The average molecular weight is 523 g/mol. The first-order chi connectivity index (χ1) is 16.4. The Morgan fingerprint density at radius 2 is 1.65 bits per heavy atom. The first-order valence-corrected chi connectivity index (χ1v) is 11.3. The summed E-state index contributed by atoms with van der Waals surface area (Å²) in [5.74, 6) is -0.308. The Hall–Kier alpha value is -3.91. The Morgan fingerprint density at radius 1 is 0.941 bits per heavy atom. The molecule has 0 fully saturated rings. The van der Waals surface area contributed by atoms with Crippen molar-refractivity contribution in [1.82, 2.24) is 5.32 Å². The van der Waals surface area contributed by atoms with Crippen molar-refractivity contribution >= 4 is 45.7 Å². The summed E-state index contributed by atoms with van der Waals surface area (Å²) in [4.78, 5) is 36.3. The minimum Gasteiger partial charge on any atom is -0.434 e. The van der Waals surface area contributed by atoms with E-state index in [2.05, 4.69) is 26.6 Å². The van der Waals surface area contributed by atoms with E-state index in [0.717, 1.165) is 15.6 Å². The lowest BCUT2D eigenvalue weighted by molar-refractivity contribution is -0.111. The zero-order valence-electron chi connectivity index (χ0n) is 18.4. The summed E-state index contributed by atoms with van der Waals surface area (Å²) in [5, 5.41) is 5.67. The fourth-order valence-electron chi connectivity index (χ4n) is 2.91. The van der Waals surface area contributed by atoms with Crippen LogP contribution in [0.4, 0.5) is 10.5 Å². The van der Waals surface area contributed by atoms with Crippen LogP contribution in [0, 0.1) is 0 Å². The smallest absolute Gasteiger partial charge is 0.434 e. The van der Waals surface area contributed by atoms with E-state index in [9.17, 15) is 14.4 Å². The molecule has 8 heteroatoms. The molecule has 2 amide bonds. The molecule has 0 unspecified atom stereocenters. The van der Waals surface area contributed by atoms with Crippen molar-refractivity contribution in [2.24, 2.45) is 0 Å². The highest BCUT2D eigenvalue weighted by atomic mass is 79.9. The quantitative estimate of drug-likeness (QED) is 0.229. The molecule has 0 aliphatic rings. The van der Waals surface area contributed by atoms with Crippen molar-refractivity contribution in [3.05, 3.63) is 100 Å². The number of amides is 2. The van der Waals surface area contributed by atoms with Gasteiger partial charge in [0.05, 0.1) is 6.61 Å². The summed E-state index contributed by atoms with van der Waals surface area (Å²) >= 11 is 3.38. The number of hydrogen-bond donors (Lipinski definition) is 2. The van der Waals surface area contributed by atoms with Gasteiger partial charge in [-0.15, -0.1) is 0 Å². The molecular formula is C26H23BrN2O5. The third-order valence-electron chi connectivity index (χ3n) is 4.59. The largest absolute Gasteiger partial charge is 0.513 e. The zero-order valence-corrected chi connectivity index (χ0v) is 20.0. The number of carbonyl (C=O) groups is 3. The topological polar surface area (TPSA) is 93.7 Å². The van der Waals surface area contributed by atoms with E-state index in [-0.39, 0.29) is 30.7 Å². The van der Waals surface area contributed by atoms with Crippen molar-refractivity contribution in [2.45, 2.75) is 13.5 Å². The molecule has 0 spiro atoms. The fraction of sp³-hybridized carbons (Fsp3) is 0.115. The summed E-state index contributed by atoms with van der Waals surface area (Å²) in [6.45, 7) is 2.11. The van der Waals surface area contributed by atoms with Gasteiger partial charge in [0.1, 0.15) is 5.75 Å². The van der Waals surface area contributed by atoms with Gasteiger partial charge < -0.3 is 20.1 Å². The van der Waals surface area contributed by atoms with E-state index in [1.807, 2.05) is 42.5 Å². The predicted molar refractivity (Wildman–Crippen MR) is 134 cm³/mol. The van der Waals surface area contributed by atoms with Gasteiger partial charge in [0.15, 0.2) is 0 Å². The Labute approximate surface area is 205 Å². The van der Waals surface area contributed by atoms with Gasteiger partial charge in [0.25, 0.3) is 5.91 Å². The molecule has 3 rings (SSSR count). The first-order valence-electron chi connectivity index (χ1n) is 10.5. The predicted octanol–water partition coefficient (Wildman–Crippen LogP) is 5.57. The van der Waals surface area contributed by atoms with Crippen molar-refractivity contribution in [3.8, 4) is 5.75 Å². The summed E-state index contributed by atoms with van der Waals surface area (Å²) < 4.78 is 10.7. The Balaban J connectivity index is 1.57. The molecule has 0 bridgehead atoms. The summed E-state index contributed by atoms with van der Waals surface area (Å²) in [7, 11) is 0. The number of halogens is 1. The monoisotopic (exact) mass is 522 g/mol. The minimum absolute atomic E-state index is 0.211. The molecule has 0 atom stereocenters. The van der Waals surface area contributed by atoms with Crippen LogP contribution in [0.5, 0.6) is 5.75 Å². The molecule has 2 N–H and O–H groups in total. The van der Waals surface area contributed by atoms with Crippen LogP contribution in [0.3, 0.4) is 0 Å². The second-order valence-electron chi connectivity index (χ2n) is 7.02. The van der Waals surface area contributed by atoms with Gasteiger partial charge in [-0.25, -0.2) is 4.79 Å². The molecule has 0 saturated heterocycles. The van der Waals surface area contributed by atoms with Crippen LogP contribution in [0.15, 0.2) is 83.3 Å². The lowest BCUT2D eigenvalue weighted by Crippen LogP contribution is -2.23. The number of benzene rings is 3. The number of rotatable bonds is 8. The van der Waals surface area contributed by atoms with Crippen molar-refractivity contribution in [1.29, 1.82) is 0 Å². The summed E-state index contributed by atoms with van der Waals surface area (Å²) in [6, 6.07) is 20.9. The van der Waals surface area contributed by atoms with Gasteiger partial charge in [-0.3, -0.25) is 9.59 Å². The van der Waals surface area contributed by atoms with Crippen LogP contribution in [0.25, 0.3) is 6.08 Å². The highest BCUT2D eigenvalue weighted by molar-refractivity contribution is 9.10. The summed E-state index contributed by atoms with van der Waals surface area (Å²) in [5.41, 5.74) is 2.66. The van der Waals surface area contributed by atoms with E-state index >= 15 is 0 Å². The second kappa shape index (κ2) is 12.4. The van der Waals surface area contributed by atoms with Crippen LogP contribution in [0.1, 0.15) is 28.4 Å². The number of anilines is 1. The van der Waals surface area contributed by atoms with Crippen molar-refractivity contribution in [2.75, 3.05) is 11.9 Å². The van der Waals surface area contributed by atoms with Crippen LogP contribution >= 0.6 is 15.9 Å². The number of nitrogens with one attached hydrogen (secondary N) is 2. The van der Waals surface area contributed by atoms with Gasteiger partial charge in [-0.1, -0.05) is 46.3 Å². The normalized spacial score (nSPS) is 10.5. The van der Waals surface area contributed by atoms with Crippen LogP contribution in [-0.4, -0.2) is 24.6 Å². The van der Waals surface area contributed by atoms with Gasteiger partial charge in [-0.2, -0.15) is 0 Å². The number of ether oxygens (including phenoxy) is 2. The fourth-order valence-corrected chi connectivity index (χ4v) is 3.18. The van der Waals surface area contributed by atoms with E-state index in [1.54, 1.807) is 31.2 Å². The number of para-hydroxylation sites is 1. The van der Waals surface area contributed by atoms with Gasteiger partial charge in [0.2, 0.25) is 5.91 Å². The lowest BCUT2D eigenvalue weighted by atomic mass is 10.1. The lowest BCUT2D eigenvalue weighted by Gasteiger charge is -2.11. The summed E-state index contributed by atoms with van der Waals surface area (Å²) in [6.07, 6.45) is 2.38. The molecule has 0 radical (unpaired) electrons. The molecule has 0 saturated carbocycles. The van der Waals surface area contributed by atoms with E-state index in [4.69, 9.17) is 9.47 Å². The standard InChI is InChI=1S/C26H23BrN2O5/c1-2-33-26(32)34-22-14-10-19(11-15-22)25(31)28-17-20-5-3-4-6-23(20)29-24(30)16-9-18-7-12-21(27)13-8-18/h3-16H,2,17H2,1H3,(H,28,31)(H,29,30)/b16-9+. The molecule has 0 aliphatic heterocycles. The van der Waals surface area contributed by atoms with Gasteiger partial charge >= 0.3 is 6.16 Å². The Bertz CT molecular complexity index is 1170. The maximum absolute atomic E-state index is 12.5. The third-order valence-corrected chi connectivity index (χ3v) is 5.12. The molecule has 3 aromatic carbocycles. The number of hydrogen-bond acceptors (Lipinski definition) is 5. The molecule has 0 aromatic heterocycles. The Kier molecular flexibility index (Phi) is 8.99. The molecule has 174 valence electrons. The second-order valence-corrected chi connectivity index (χ2v) is 7.94. The Morgan fingerprint density at radius 3 is 2.35 bits per heavy atom. The zero-order chi connectivity index (χ0) is 24.3. The van der Waals surface area contributed by atoms with Gasteiger partial charge in [0, 0.05) is 28.3 Å².